The van der Waals surface area contributed by atoms with Gasteiger partial charge in [-0.2, -0.15) is 5.10 Å². The molecule has 0 spiro atoms. The van der Waals surface area contributed by atoms with Gasteiger partial charge in [0.25, 0.3) is 0 Å². The molecular formula is C18H32N6O2. The minimum atomic E-state index is -0.0235. The molecule has 0 bridgehead atoms. The van der Waals surface area contributed by atoms with Crippen LogP contribution in [0.25, 0.3) is 0 Å². The highest BCUT2D eigenvalue weighted by molar-refractivity contribution is 5.78. The predicted molar refractivity (Wildman–Crippen MR) is 101 cm³/mol. The Bertz CT molecular complexity index is 605. The monoisotopic (exact) mass is 364 g/mol. The average Bonchev–Trinajstić information content (AvgIpc) is 2.88. The van der Waals surface area contributed by atoms with Gasteiger partial charge in [0.1, 0.15) is 0 Å². The molecule has 146 valence electrons. The van der Waals surface area contributed by atoms with Crippen molar-refractivity contribution < 1.29 is 9.59 Å². The number of aryl methyl sites for hydroxylation is 3. The van der Waals surface area contributed by atoms with E-state index in [1.165, 1.54) is 0 Å². The highest BCUT2D eigenvalue weighted by Crippen LogP contribution is 2.04. The maximum absolute atomic E-state index is 12.2. The summed E-state index contributed by atoms with van der Waals surface area (Å²) in [5.41, 5.74) is 2.16. The molecular weight excluding hydrogens is 332 g/mol. The Morgan fingerprint density at radius 1 is 1.19 bits per heavy atom. The van der Waals surface area contributed by atoms with E-state index in [1.54, 1.807) is 0 Å². The summed E-state index contributed by atoms with van der Waals surface area (Å²) in [6.07, 6.45) is 0.850. The van der Waals surface area contributed by atoms with Crippen LogP contribution in [0.4, 0.5) is 4.79 Å². The summed E-state index contributed by atoms with van der Waals surface area (Å²) in [6, 6.07) is 2.19. The molecule has 2 rings (SSSR count). The molecule has 0 unspecified atom stereocenters. The quantitative estimate of drug-likeness (QED) is 0.699. The first-order valence-corrected chi connectivity index (χ1v) is 9.40. The minimum Gasteiger partial charge on any atom is -0.353 e. The maximum atomic E-state index is 12.2. The van der Waals surface area contributed by atoms with Crippen molar-refractivity contribution in [3.8, 4) is 0 Å². The predicted octanol–water partition coefficient (Wildman–Crippen LogP) is 0.742. The Labute approximate surface area is 155 Å². The van der Waals surface area contributed by atoms with Gasteiger partial charge >= 0.3 is 6.03 Å². The summed E-state index contributed by atoms with van der Waals surface area (Å²) < 4.78 is 1.97. The Morgan fingerprint density at radius 2 is 1.88 bits per heavy atom. The van der Waals surface area contributed by atoms with Gasteiger partial charge in [0, 0.05) is 51.0 Å². The van der Waals surface area contributed by atoms with E-state index < -0.39 is 0 Å². The van der Waals surface area contributed by atoms with Gasteiger partial charge in [0.05, 0.1) is 12.2 Å². The first kappa shape index (κ1) is 20.2. The number of hydrogen-bond donors (Lipinski definition) is 2. The van der Waals surface area contributed by atoms with Gasteiger partial charge in [0.2, 0.25) is 5.91 Å². The Morgan fingerprint density at radius 3 is 2.46 bits per heavy atom. The molecule has 0 aliphatic carbocycles. The third-order valence-electron chi connectivity index (χ3n) is 4.40. The molecule has 1 aliphatic rings. The smallest absolute Gasteiger partial charge is 0.317 e. The standard InChI is InChI=1S/C18H32N6O2/c1-14(2)20-17(25)13-22-8-10-23(11-9-22)18(26)19-6-5-7-24-16(4)12-15(3)21-24/h12,14H,5-11,13H2,1-4H3,(H,19,26)(H,20,25). The van der Waals surface area contributed by atoms with Crippen molar-refractivity contribution in [3.05, 3.63) is 17.5 Å². The fraction of sp³-hybridized carbons (Fsp3) is 0.722. The highest BCUT2D eigenvalue weighted by atomic mass is 16.2. The molecule has 0 atom stereocenters. The first-order chi connectivity index (χ1) is 12.3. The van der Waals surface area contributed by atoms with Crippen molar-refractivity contribution in [1.82, 2.24) is 30.2 Å². The number of carbonyl (C=O) groups is 2. The number of hydrogen-bond acceptors (Lipinski definition) is 4. The number of nitrogens with one attached hydrogen (secondary N) is 2. The molecule has 0 aromatic carbocycles. The van der Waals surface area contributed by atoms with E-state index in [0.717, 1.165) is 37.4 Å². The van der Waals surface area contributed by atoms with Crippen LogP contribution in [-0.4, -0.2) is 76.8 Å². The van der Waals surface area contributed by atoms with Gasteiger partial charge in [0.15, 0.2) is 0 Å². The zero-order valence-electron chi connectivity index (χ0n) is 16.4. The van der Waals surface area contributed by atoms with Gasteiger partial charge in [-0.05, 0) is 40.2 Å². The number of nitrogens with zero attached hydrogens (tertiary/aromatic N) is 4. The van der Waals surface area contributed by atoms with Crippen LogP contribution in [-0.2, 0) is 11.3 Å². The number of carbonyl (C=O) groups excluding carboxylic acids is 2. The molecule has 8 heteroatoms. The van der Waals surface area contributed by atoms with Gasteiger partial charge < -0.3 is 15.5 Å². The van der Waals surface area contributed by atoms with Crippen molar-refractivity contribution in [3.63, 3.8) is 0 Å². The van der Waals surface area contributed by atoms with E-state index in [4.69, 9.17) is 0 Å². The van der Waals surface area contributed by atoms with Gasteiger partial charge in [-0.15, -0.1) is 0 Å². The molecule has 0 saturated carbocycles. The molecule has 0 radical (unpaired) electrons. The van der Waals surface area contributed by atoms with E-state index in [1.807, 2.05) is 37.3 Å². The van der Waals surface area contributed by atoms with Crippen LogP contribution >= 0.6 is 0 Å². The van der Waals surface area contributed by atoms with Crippen molar-refractivity contribution in [2.75, 3.05) is 39.3 Å². The summed E-state index contributed by atoms with van der Waals surface area (Å²) >= 11 is 0. The summed E-state index contributed by atoms with van der Waals surface area (Å²) in [4.78, 5) is 28.0. The molecule has 1 fully saturated rings. The maximum Gasteiger partial charge on any atom is 0.317 e. The SMILES string of the molecule is Cc1cc(C)n(CCCNC(=O)N2CCN(CC(=O)NC(C)C)CC2)n1. The van der Waals surface area contributed by atoms with Crippen LogP contribution < -0.4 is 10.6 Å². The topological polar surface area (TPSA) is 82.5 Å². The van der Waals surface area contributed by atoms with E-state index >= 15 is 0 Å². The summed E-state index contributed by atoms with van der Waals surface area (Å²) in [5, 5.41) is 10.3. The van der Waals surface area contributed by atoms with Crippen LogP contribution in [0.15, 0.2) is 6.07 Å². The van der Waals surface area contributed by atoms with Crippen LogP contribution in [0.3, 0.4) is 0 Å². The van der Waals surface area contributed by atoms with E-state index in [2.05, 4.69) is 26.7 Å². The third-order valence-corrected chi connectivity index (χ3v) is 4.40. The molecule has 3 amide bonds. The molecule has 1 aromatic rings. The lowest BCUT2D eigenvalue weighted by Crippen LogP contribution is -2.53. The summed E-state index contributed by atoms with van der Waals surface area (Å²) in [5.74, 6) is 0.0436. The Kier molecular flexibility index (Phi) is 7.44. The number of piperazine rings is 1. The lowest BCUT2D eigenvalue weighted by atomic mass is 10.3. The summed E-state index contributed by atoms with van der Waals surface area (Å²) in [6.45, 7) is 12.5. The van der Waals surface area contributed by atoms with Crippen molar-refractivity contribution in [2.45, 2.75) is 46.7 Å². The second-order valence-electron chi connectivity index (χ2n) is 7.22. The second kappa shape index (κ2) is 9.56. The van der Waals surface area contributed by atoms with E-state index in [9.17, 15) is 9.59 Å². The fourth-order valence-electron chi connectivity index (χ4n) is 3.12. The lowest BCUT2D eigenvalue weighted by Gasteiger charge is -2.34. The molecule has 2 heterocycles. The molecule has 2 N–H and O–H groups in total. The third kappa shape index (κ3) is 6.33. The number of urea groups is 1. The van der Waals surface area contributed by atoms with Crippen LogP contribution in [0, 0.1) is 13.8 Å². The molecule has 1 saturated heterocycles. The fourth-order valence-corrected chi connectivity index (χ4v) is 3.12. The zero-order chi connectivity index (χ0) is 19.1. The normalized spacial score (nSPS) is 15.3. The highest BCUT2D eigenvalue weighted by Gasteiger charge is 2.22. The van der Waals surface area contributed by atoms with Crippen molar-refractivity contribution in [2.24, 2.45) is 0 Å². The Hall–Kier alpha value is -2.09. The second-order valence-corrected chi connectivity index (χ2v) is 7.22. The van der Waals surface area contributed by atoms with E-state index in [-0.39, 0.29) is 18.0 Å². The van der Waals surface area contributed by atoms with Crippen LogP contribution in [0.2, 0.25) is 0 Å². The molecule has 8 nitrogen and oxygen atoms in total. The number of amides is 3. The molecule has 26 heavy (non-hydrogen) atoms. The van der Waals surface area contributed by atoms with Gasteiger partial charge in [-0.25, -0.2) is 4.79 Å². The van der Waals surface area contributed by atoms with E-state index in [0.29, 0.717) is 26.2 Å². The zero-order valence-corrected chi connectivity index (χ0v) is 16.4. The minimum absolute atomic E-state index is 0.0235. The van der Waals surface area contributed by atoms with Crippen molar-refractivity contribution >= 4 is 11.9 Å². The lowest BCUT2D eigenvalue weighted by molar-refractivity contribution is -0.123. The van der Waals surface area contributed by atoms with Crippen molar-refractivity contribution in [1.29, 1.82) is 0 Å². The van der Waals surface area contributed by atoms with Crippen LogP contribution in [0.5, 0.6) is 0 Å². The molecule has 1 aromatic heterocycles. The van der Waals surface area contributed by atoms with Gasteiger partial charge in [-0.1, -0.05) is 0 Å². The summed E-state index contributed by atoms with van der Waals surface area (Å²) in [7, 11) is 0. The number of aromatic nitrogens is 2. The number of rotatable bonds is 7. The largest absolute Gasteiger partial charge is 0.353 e. The Balaban J connectivity index is 1.62. The average molecular weight is 364 g/mol. The van der Waals surface area contributed by atoms with Gasteiger partial charge in [-0.3, -0.25) is 14.4 Å². The molecule has 1 aliphatic heterocycles. The van der Waals surface area contributed by atoms with Crippen LogP contribution in [0.1, 0.15) is 31.7 Å². The first-order valence-electron chi connectivity index (χ1n) is 9.40.